The summed E-state index contributed by atoms with van der Waals surface area (Å²) in [5, 5.41) is 12.7. The second kappa shape index (κ2) is 5.83. The number of likely N-dealkylation sites (N-methyl/N-ethyl adjacent to an activating group) is 1. The minimum absolute atomic E-state index is 0.0967. The number of nitrogens with zero attached hydrogens (tertiary/aromatic N) is 3. The Balaban J connectivity index is 3.06. The number of aromatic nitrogens is 2. The highest BCUT2D eigenvalue weighted by molar-refractivity contribution is 6.33. The molecular weight excluding hydrogens is 232 g/mol. The van der Waals surface area contributed by atoms with Crippen LogP contribution in [0.5, 0.6) is 0 Å². The number of aliphatic hydroxyl groups excluding tert-OH is 1. The summed E-state index contributed by atoms with van der Waals surface area (Å²) in [6, 6.07) is 0. The highest BCUT2D eigenvalue weighted by Gasteiger charge is 2.11. The normalized spacial score (nSPS) is 10.5. The molecule has 6 nitrogen and oxygen atoms in total. The fourth-order valence-corrected chi connectivity index (χ4v) is 1.58. The molecule has 1 rings (SSSR count). The van der Waals surface area contributed by atoms with Gasteiger partial charge in [-0.2, -0.15) is 5.10 Å². The molecule has 0 fully saturated rings. The lowest BCUT2D eigenvalue weighted by molar-refractivity contribution is 0.266. The highest BCUT2D eigenvalue weighted by Crippen LogP contribution is 2.18. The van der Waals surface area contributed by atoms with Gasteiger partial charge in [0.05, 0.1) is 25.0 Å². The van der Waals surface area contributed by atoms with Crippen LogP contribution < -0.4 is 16.2 Å². The van der Waals surface area contributed by atoms with E-state index in [1.165, 1.54) is 6.20 Å². The molecule has 1 heterocycles. The first-order valence-electron chi connectivity index (χ1n) is 4.89. The molecule has 0 saturated carbocycles. The van der Waals surface area contributed by atoms with Crippen LogP contribution >= 0.6 is 11.6 Å². The van der Waals surface area contributed by atoms with Gasteiger partial charge in [-0.25, -0.2) is 4.68 Å². The molecule has 0 aromatic carbocycles. The third kappa shape index (κ3) is 2.72. The molecular formula is C9H15ClN4O2. The molecule has 16 heavy (non-hydrogen) atoms. The molecule has 90 valence electrons. The fourth-order valence-electron chi connectivity index (χ4n) is 1.29. The van der Waals surface area contributed by atoms with Gasteiger partial charge < -0.3 is 15.7 Å². The Bertz CT molecular complexity index is 407. The Hall–Kier alpha value is -1.11. The van der Waals surface area contributed by atoms with Crippen LogP contribution in [0.3, 0.4) is 0 Å². The Kier molecular flexibility index (Phi) is 4.72. The van der Waals surface area contributed by atoms with E-state index in [4.69, 9.17) is 22.4 Å². The van der Waals surface area contributed by atoms with Crippen LogP contribution in [0.25, 0.3) is 0 Å². The zero-order chi connectivity index (χ0) is 12.1. The first kappa shape index (κ1) is 13.0. The number of anilines is 1. The van der Waals surface area contributed by atoms with Gasteiger partial charge in [-0.3, -0.25) is 4.79 Å². The summed E-state index contributed by atoms with van der Waals surface area (Å²) >= 11 is 5.93. The summed E-state index contributed by atoms with van der Waals surface area (Å²) in [6.45, 7) is 1.04. The van der Waals surface area contributed by atoms with Crippen LogP contribution in [0.4, 0.5) is 5.69 Å². The lowest BCUT2D eigenvalue weighted by atomic mass is 10.4. The predicted molar refractivity (Wildman–Crippen MR) is 62.9 cm³/mol. The van der Waals surface area contributed by atoms with Gasteiger partial charge in [0.2, 0.25) is 0 Å². The fraction of sp³-hybridized carbons (Fsp3) is 0.556. The quantitative estimate of drug-likeness (QED) is 0.717. The predicted octanol–water partition coefficient (Wildman–Crippen LogP) is -0.716. The van der Waals surface area contributed by atoms with Crippen LogP contribution in [0.2, 0.25) is 5.02 Å². The lowest BCUT2D eigenvalue weighted by Gasteiger charge is -2.19. The number of hydrogen-bond donors (Lipinski definition) is 2. The summed E-state index contributed by atoms with van der Waals surface area (Å²) in [5.74, 6) is 0. The van der Waals surface area contributed by atoms with Crippen molar-refractivity contribution in [1.29, 1.82) is 0 Å². The van der Waals surface area contributed by atoms with Crippen molar-refractivity contribution in [2.75, 3.05) is 31.6 Å². The first-order valence-corrected chi connectivity index (χ1v) is 5.27. The number of rotatable bonds is 5. The van der Waals surface area contributed by atoms with Crippen LogP contribution in [0, 0.1) is 0 Å². The SMILES string of the molecule is CN(CCN)c1cnn(CCO)c(=O)c1Cl. The molecule has 0 unspecified atom stereocenters. The minimum atomic E-state index is -0.405. The molecule has 1 aromatic rings. The van der Waals surface area contributed by atoms with Gasteiger partial charge in [0.25, 0.3) is 5.56 Å². The summed E-state index contributed by atoms with van der Waals surface area (Å²) in [7, 11) is 1.78. The molecule has 0 radical (unpaired) electrons. The third-order valence-corrected chi connectivity index (χ3v) is 2.51. The van der Waals surface area contributed by atoms with Crippen molar-refractivity contribution in [1.82, 2.24) is 9.78 Å². The Morgan fingerprint density at radius 1 is 1.69 bits per heavy atom. The summed E-state index contributed by atoms with van der Waals surface area (Å²) in [5.41, 5.74) is 5.55. The van der Waals surface area contributed by atoms with E-state index in [1.54, 1.807) is 11.9 Å². The molecule has 0 aliphatic heterocycles. The maximum absolute atomic E-state index is 11.7. The van der Waals surface area contributed by atoms with Gasteiger partial charge in [-0.1, -0.05) is 11.6 Å². The molecule has 0 saturated heterocycles. The van der Waals surface area contributed by atoms with Gasteiger partial charge in [0, 0.05) is 20.1 Å². The van der Waals surface area contributed by atoms with Gasteiger partial charge in [0.15, 0.2) is 0 Å². The molecule has 0 aliphatic rings. The van der Waals surface area contributed by atoms with Crippen LogP contribution in [-0.4, -0.2) is 41.6 Å². The van der Waals surface area contributed by atoms with E-state index in [-0.39, 0.29) is 18.2 Å². The molecule has 7 heteroatoms. The number of hydrogen-bond acceptors (Lipinski definition) is 5. The van der Waals surface area contributed by atoms with Crippen LogP contribution in [0.1, 0.15) is 0 Å². The highest BCUT2D eigenvalue weighted by atomic mass is 35.5. The topological polar surface area (TPSA) is 84.4 Å². The van der Waals surface area contributed by atoms with E-state index in [0.29, 0.717) is 18.8 Å². The van der Waals surface area contributed by atoms with Gasteiger partial charge in [-0.05, 0) is 0 Å². The van der Waals surface area contributed by atoms with E-state index >= 15 is 0 Å². The van der Waals surface area contributed by atoms with Crippen molar-refractivity contribution in [2.45, 2.75) is 6.54 Å². The molecule has 0 aliphatic carbocycles. The molecule has 0 bridgehead atoms. The molecule has 0 amide bonds. The largest absolute Gasteiger partial charge is 0.394 e. The zero-order valence-electron chi connectivity index (χ0n) is 9.06. The van der Waals surface area contributed by atoms with Gasteiger partial charge >= 0.3 is 0 Å². The number of nitrogens with two attached hydrogens (primary N) is 1. The van der Waals surface area contributed by atoms with Crippen molar-refractivity contribution >= 4 is 17.3 Å². The third-order valence-electron chi connectivity index (χ3n) is 2.15. The van der Waals surface area contributed by atoms with Crippen molar-refractivity contribution in [3.8, 4) is 0 Å². The average Bonchev–Trinajstić information content (AvgIpc) is 2.25. The Morgan fingerprint density at radius 2 is 2.38 bits per heavy atom. The molecule has 3 N–H and O–H groups in total. The second-order valence-corrected chi connectivity index (χ2v) is 3.68. The standard InChI is InChI=1S/C9H15ClN4O2/c1-13(3-2-11)7-6-12-14(4-5-15)9(16)8(7)10/h6,15H,2-5,11H2,1H3. The van der Waals surface area contributed by atoms with E-state index in [9.17, 15) is 4.79 Å². The molecule has 1 aromatic heterocycles. The molecule has 0 atom stereocenters. The second-order valence-electron chi connectivity index (χ2n) is 3.31. The monoisotopic (exact) mass is 246 g/mol. The van der Waals surface area contributed by atoms with Crippen molar-refractivity contribution in [3.05, 3.63) is 21.6 Å². The van der Waals surface area contributed by atoms with Crippen molar-refractivity contribution < 1.29 is 5.11 Å². The van der Waals surface area contributed by atoms with Crippen molar-refractivity contribution in [2.24, 2.45) is 5.73 Å². The first-order chi connectivity index (χ1) is 7.61. The van der Waals surface area contributed by atoms with Crippen LogP contribution in [0.15, 0.2) is 11.0 Å². The van der Waals surface area contributed by atoms with Crippen LogP contribution in [-0.2, 0) is 6.54 Å². The van der Waals surface area contributed by atoms with Crippen molar-refractivity contribution in [3.63, 3.8) is 0 Å². The molecule has 0 spiro atoms. The maximum Gasteiger partial charge on any atom is 0.287 e. The van der Waals surface area contributed by atoms with E-state index in [2.05, 4.69) is 5.10 Å². The summed E-state index contributed by atoms with van der Waals surface area (Å²) in [6.07, 6.45) is 1.50. The van der Waals surface area contributed by atoms with E-state index in [0.717, 1.165) is 4.68 Å². The Morgan fingerprint density at radius 3 is 2.94 bits per heavy atom. The van der Waals surface area contributed by atoms with Gasteiger partial charge in [-0.15, -0.1) is 0 Å². The number of aliphatic hydroxyl groups is 1. The zero-order valence-corrected chi connectivity index (χ0v) is 9.81. The minimum Gasteiger partial charge on any atom is -0.394 e. The smallest absolute Gasteiger partial charge is 0.287 e. The summed E-state index contributed by atoms with van der Waals surface area (Å²) in [4.78, 5) is 13.5. The van der Waals surface area contributed by atoms with E-state index in [1.807, 2.05) is 0 Å². The lowest BCUT2D eigenvalue weighted by Crippen LogP contribution is -2.30. The Labute approximate surface area is 98.2 Å². The number of halogens is 1. The van der Waals surface area contributed by atoms with E-state index < -0.39 is 5.56 Å². The maximum atomic E-state index is 11.7. The summed E-state index contributed by atoms with van der Waals surface area (Å²) < 4.78 is 1.13. The average molecular weight is 247 g/mol. The van der Waals surface area contributed by atoms with Gasteiger partial charge in [0.1, 0.15) is 5.02 Å².